The average Bonchev–Trinajstić information content (AvgIpc) is 3.04. The van der Waals surface area contributed by atoms with Crippen LogP contribution in [0.4, 0.5) is 0 Å². The predicted octanol–water partition coefficient (Wildman–Crippen LogP) is 1.95. The van der Waals surface area contributed by atoms with Crippen molar-refractivity contribution < 1.29 is 19.3 Å². The number of piperidine rings is 1. The van der Waals surface area contributed by atoms with Crippen molar-refractivity contribution in [3.63, 3.8) is 0 Å². The summed E-state index contributed by atoms with van der Waals surface area (Å²) in [5.74, 6) is -0.613. The van der Waals surface area contributed by atoms with Crippen molar-refractivity contribution in [1.29, 1.82) is 0 Å². The van der Waals surface area contributed by atoms with E-state index in [1.54, 1.807) is 29.2 Å². The Labute approximate surface area is 183 Å². The lowest BCUT2D eigenvalue weighted by atomic mass is 10.1. The highest BCUT2D eigenvalue weighted by Gasteiger charge is 2.34. The number of rotatable bonds is 8. The number of carbonyl (C=O) groups is 3. The Morgan fingerprint density at radius 3 is 2.13 bits per heavy atom. The van der Waals surface area contributed by atoms with Crippen molar-refractivity contribution in [2.24, 2.45) is 0 Å². The number of quaternary nitrogens is 1. The van der Waals surface area contributed by atoms with Crippen LogP contribution in [0.5, 0.6) is 0 Å². The van der Waals surface area contributed by atoms with Crippen LogP contribution in [0, 0.1) is 0 Å². The Hall–Kier alpha value is -2.99. The van der Waals surface area contributed by atoms with Gasteiger partial charge in [0, 0.05) is 25.1 Å². The van der Waals surface area contributed by atoms with Gasteiger partial charge in [0.15, 0.2) is 0 Å². The van der Waals surface area contributed by atoms with Crippen LogP contribution in [0.15, 0.2) is 48.5 Å². The van der Waals surface area contributed by atoms with Gasteiger partial charge in [-0.3, -0.25) is 19.3 Å². The molecular weight excluding hydrogens is 390 g/mol. The Morgan fingerprint density at radius 1 is 0.871 bits per heavy atom. The van der Waals surface area contributed by atoms with E-state index in [0.717, 1.165) is 12.1 Å². The number of nitrogens with zero attached hydrogens (tertiary/aromatic N) is 1. The molecule has 162 valence electrons. The van der Waals surface area contributed by atoms with Gasteiger partial charge in [-0.2, -0.15) is 0 Å². The molecule has 0 bridgehead atoms. The van der Waals surface area contributed by atoms with Gasteiger partial charge in [0.2, 0.25) is 5.91 Å². The lowest BCUT2D eigenvalue weighted by Gasteiger charge is -2.23. The molecule has 0 radical (unpaired) electrons. The average molecular weight is 421 g/mol. The van der Waals surface area contributed by atoms with Crippen LogP contribution in [0.2, 0.25) is 0 Å². The van der Waals surface area contributed by atoms with Crippen LogP contribution in [-0.2, 0) is 17.9 Å². The van der Waals surface area contributed by atoms with Gasteiger partial charge >= 0.3 is 0 Å². The first-order valence-corrected chi connectivity index (χ1v) is 11.2. The number of carbonyl (C=O) groups excluding carboxylic acids is 3. The quantitative estimate of drug-likeness (QED) is 0.642. The summed E-state index contributed by atoms with van der Waals surface area (Å²) in [5.41, 5.74) is 3.31. The molecule has 6 heteroatoms. The van der Waals surface area contributed by atoms with E-state index in [1.807, 2.05) is 0 Å². The smallest absolute Gasteiger partial charge is 0.261 e. The van der Waals surface area contributed by atoms with Crippen LogP contribution in [0.3, 0.4) is 0 Å². The van der Waals surface area contributed by atoms with Crippen molar-refractivity contribution in [2.75, 3.05) is 19.6 Å². The number of benzene rings is 2. The minimum Gasteiger partial charge on any atom is -0.352 e. The van der Waals surface area contributed by atoms with Crippen LogP contribution in [0.1, 0.15) is 63.9 Å². The number of amides is 3. The van der Waals surface area contributed by atoms with Crippen LogP contribution in [-0.4, -0.2) is 42.3 Å². The summed E-state index contributed by atoms with van der Waals surface area (Å²) in [7, 11) is 0. The molecule has 0 atom stereocenters. The highest BCUT2D eigenvalue weighted by molar-refractivity contribution is 6.21. The first kappa shape index (κ1) is 21.2. The number of hydrogen-bond acceptors (Lipinski definition) is 3. The zero-order chi connectivity index (χ0) is 21.6. The maximum Gasteiger partial charge on any atom is 0.261 e. The summed E-state index contributed by atoms with van der Waals surface area (Å²) < 4.78 is 0. The van der Waals surface area contributed by atoms with Crippen molar-refractivity contribution in [3.05, 3.63) is 70.8 Å². The van der Waals surface area contributed by atoms with Gasteiger partial charge in [0.05, 0.1) is 24.2 Å². The minimum atomic E-state index is -0.271. The summed E-state index contributed by atoms with van der Waals surface area (Å²) in [4.78, 5) is 39.8. The fourth-order valence-electron chi connectivity index (χ4n) is 4.42. The third-order valence-electron chi connectivity index (χ3n) is 6.19. The van der Waals surface area contributed by atoms with Gasteiger partial charge in [-0.15, -0.1) is 0 Å². The number of imide groups is 1. The van der Waals surface area contributed by atoms with Crippen molar-refractivity contribution in [1.82, 2.24) is 10.2 Å². The standard InChI is InChI=1S/C25H29N3O3/c29-23(9-6-16-28-24(30)21-7-2-3-8-22(21)25(28)31)26-17-19-10-12-20(13-11-19)18-27-14-4-1-5-15-27/h2-3,7-8,10-13H,1,4-6,9,14-18H2,(H,26,29)/p+1. The van der Waals surface area contributed by atoms with Crippen LogP contribution >= 0.6 is 0 Å². The van der Waals surface area contributed by atoms with E-state index >= 15 is 0 Å². The third-order valence-corrected chi connectivity index (χ3v) is 6.19. The SMILES string of the molecule is O=C(CCCN1C(=O)c2ccccc2C1=O)NCc1ccc(C[NH+]2CCCCC2)cc1. The summed E-state index contributed by atoms with van der Waals surface area (Å²) in [6.45, 7) is 4.34. The lowest BCUT2D eigenvalue weighted by Crippen LogP contribution is -3.11. The second kappa shape index (κ2) is 9.88. The minimum absolute atomic E-state index is 0.0709. The first-order chi connectivity index (χ1) is 15.1. The molecule has 3 amide bonds. The highest BCUT2D eigenvalue weighted by Crippen LogP contribution is 2.22. The molecule has 2 aromatic rings. The van der Waals surface area contributed by atoms with E-state index in [1.165, 1.54) is 42.8 Å². The zero-order valence-electron chi connectivity index (χ0n) is 17.9. The topological polar surface area (TPSA) is 70.9 Å². The van der Waals surface area contributed by atoms with Crippen molar-refractivity contribution >= 4 is 17.7 Å². The second-order valence-electron chi connectivity index (χ2n) is 8.49. The third kappa shape index (κ3) is 5.20. The Morgan fingerprint density at radius 2 is 1.48 bits per heavy atom. The summed E-state index contributed by atoms with van der Waals surface area (Å²) >= 11 is 0. The molecule has 2 aliphatic heterocycles. The molecule has 0 saturated carbocycles. The number of nitrogens with one attached hydrogen (secondary N) is 2. The van der Waals surface area contributed by atoms with Gasteiger partial charge in [-0.1, -0.05) is 36.4 Å². The normalized spacial score (nSPS) is 16.5. The Balaban J connectivity index is 1.18. The molecule has 4 rings (SSSR count). The van der Waals surface area contributed by atoms with Crippen molar-refractivity contribution in [3.8, 4) is 0 Å². The molecule has 0 aromatic heterocycles. The van der Waals surface area contributed by atoms with Gasteiger partial charge in [0.25, 0.3) is 11.8 Å². The Kier molecular flexibility index (Phi) is 6.77. The van der Waals surface area contributed by atoms with E-state index < -0.39 is 0 Å². The number of likely N-dealkylation sites (tertiary alicyclic amines) is 1. The molecular formula is C25H30N3O3+. The molecule has 0 unspecified atom stereocenters. The molecule has 2 aromatic carbocycles. The van der Waals surface area contributed by atoms with Gasteiger partial charge in [0.1, 0.15) is 6.54 Å². The van der Waals surface area contributed by atoms with Gasteiger partial charge in [-0.05, 0) is 43.4 Å². The first-order valence-electron chi connectivity index (χ1n) is 11.2. The Bertz CT molecular complexity index is 914. The molecule has 0 aliphatic carbocycles. The van der Waals surface area contributed by atoms with Gasteiger partial charge < -0.3 is 10.2 Å². The van der Waals surface area contributed by atoms with E-state index in [0.29, 0.717) is 24.1 Å². The van der Waals surface area contributed by atoms with E-state index in [9.17, 15) is 14.4 Å². The molecule has 1 saturated heterocycles. The zero-order valence-corrected chi connectivity index (χ0v) is 17.9. The fraction of sp³-hybridized carbons (Fsp3) is 0.400. The monoisotopic (exact) mass is 420 g/mol. The van der Waals surface area contributed by atoms with Crippen LogP contribution < -0.4 is 10.2 Å². The molecule has 2 aliphatic rings. The molecule has 2 heterocycles. The maximum atomic E-state index is 12.3. The lowest BCUT2D eigenvalue weighted by molar-refractivity contribution is -0.918. The van der Waals surface area contributed by atoms with Crippen molar-refractivity contribution in [2.45, 2.75) is 45.2 Å². The van der Waals surface area contributed by atoms with E-state index in [-0.39, 0.29) is 30.7 Å². The van der Waals surface area contributed by atoms with Gasteiger partial charge in [-0.25, -0.2) is 0 Å². The molecule has 2 N–H and O–H groups in total. The summed E-state index contributed by atoms with van der Waals surface area (Å²) in [5, 5.41) is 2.93. The number of fused-ring (bicyclic) bond motifs is 1. The predicted molar refractivity (Wildman–Crippen MR) is 118 cm³/mol. The molecule has 1 fully saturated rings. The fourth-order valence-corrected chi connectivity index (χ4v) is 4.42. The molecule has 31 heavy (non-hydrogen) atoms. The largest absolute Gasteiger partial charge is 0.352 e. The van der Waals surface area contributed by atoms with E-state index in [4.69, 9.17) is 0 Å². The molecule has 6 nitrogen and oxygen atoms in total. The molecule has 0 spiro atoms. The summed E-state index contributed by atoms with van der Waals surface area (Å²) in [6.07, 6.45) is 4.75. The van der Waals surface area contributed by atoms with Crippen LogP contribution in [0.25, 0.3) is 0 Å². The number of hydrogen-bond donors (Lipinski definition) is 2. The highest BCUT2D eigenvalue weighted by atomic mass is 16.2. The second-order valence-corrected chi connectivity index (χ2v) is 8.49. The van der Waals surface area contributed by atoms with E-state index in [2.05, 4.69) is 29.6 Å². The maximum absolute atomic E-state index is 12.3. The summed E-state index contributed by atoms with van der Waals surface area (Å²) in [6, 6.07) is 15.3.